The van der Waals surface area contributed by atoms with E-state index in [9.17, 15) is 0 Å². The van der Waals surface area contributed by atoms with Crippen molar-refractivity contribution in [2.75, 3.05) is 10.6 Å². The van der Waals surface area contributed by atoms with Crippen LogP contribution in [0.5, 0.6) is 0 Å². The van der Waals surface area contributed by atoms with Crippen LogP contribution in [-0.2, 0) is 6.42 Å². The van der Waals surface area contributed by atoms with E-state index in [4.69, 9.17) is 0 Å². The van der Waals surface area contributed by atoms with Gasteiger partial charge in [0.25, 0.3) is 0 Å². The number of rotatable bonds is 6. The van der Waals surface area contributed by atoms with Crippen LogP contribution in [0.3, 0.4) is 0 Å². The molecule has 0 fully saturated rings. The van der Waals surface area contributed by atoms with Gasteiger partial charge in [-0.2, -0.15) is 0 Å². The molecule has 0 saturated heterocycles. The molecule has 6 rings (SSSR count). The van der Waals surface area contributed by atoms with Gasteiger partial charge in [-0.3, -0.25) is 0 Å². The maximum atomic E-state index is 4.51. The minimum Gasteiger partial charge on any atom is -0.340 e. The van der Waals surface area contributed by atoms with E-state index in [1.807, 2.05) is 54.2 Å². The number of anilines is 4. The van der Waals surface area contributed by atoms with Crippen molar-refractivity contribution in [3.8, 4) is 0 Å². The van der Waals surface area contributed by atoms with Crippen molar-refractivity contribution in [3.63, 3.8) is 0 Å². The Morgan fingerprint density at radius 2 is 1.69 bits per heavy atom. The van der Waals surface area contributed by atoms with Gasteiger partial charge in [-0.1, -0.05) is 19.9 Å². The first kappa shape index (κ1) is 23.4. The molecule has 0 amide bonds. The molecule has 0 aliphatic heterocycles. The first-order valence-corrected chi connectivity index (χ1v) is 12.8. The number of hydrogen-bond donors (Lipinski definition) is 2. The molecule has 180 valence electrons. The number of imidazole rings is 1. The molecule has 7 nitrogen and oxygen atoms in total. The highest BCUT2D eigenvalue weighted by Gasteiger charge is 2.09. The fourth-order valence-electron chi connectivity index (χ4n) is 4.03. The summed E-state index contributed by atoms with van der Waals surface area (Å²) >= 11 is 1.56. The van der Waals surface area contributed by atoms with Crippen molar-refractivity contribution in [3.05, 3.63) is 102 Å². The zero-order valence-corrected chi connectivity index (χ0v) is 21.3. The van der Waals surface area contributed by atoms with E-state index in [0.717, 1.165) is 45.3 Å². The Bertz CT molecular complexity index is 1610. The van der Waals surface area contributed by atoms with Crippen LogP contribution in [0.2, 0.25) is 0 Å². The second kappa shape index (κ2) is 10.5. The Morgan fingerprint density at radius 3 is 2.53 bits per heavy atom. The number of nitrogens with one attached hydrogen (secondary N) is 2. The van der Waals surface area contributed by atoms with Crippen LogP contribution in [-0.4, -0.2) is 24.3 Å². The highest BCUT2D eigenvalue weighted by Crippen LogP contribution is 2.29. The van der Waals surface area contributed by atoms with Crippen molar-refractivity contribution in [2.24, 2.45) is 0 Å². The van der Waals surface area contributed by atoms with Gasteiger partial charge in [-0.15, -0.1) is 11.3 Å². The SMILES string of the molecule is CC.Cc1cc(Nc2ncnc3ccc(Nc4nccs4)cc23)ccc1Cc1ccn2ccnc2c1. The molecule has 36 heavy (non-hydrogen) atoms. The third-order valence-electron chi connectivity index (χ3n) is 5.78. The molecular weight excluding hydrogens is 466 g/mol. The molecule has 0 atom stereocenters. The number of hydrogen-bond acceptors (Lipinski definition) is 7. The molecule has 0 spiro atoms. The van der Waals surface area contributed by atoms with Crippen LogP contribution in [0.4, 0.5) is 22.3 Å². The Labute approximate surface area is 213 Å². The molecule has 0 radical (unpaired) electrons. The third kappa shape index (κ3) is 5.04. The molecule has 8 heteroatoms. The first-order chi connectivity index (χ1) is 17.7. The van der Waals surface area contributed by atoms with Gasteiger partial charge in [-0.25, -0.2) is 19.9 Å². The average molecular weight is 494 g/mol. The highest BCUT2D eigenvalue weighted by molar-refractivity contribution is 7.13. The smallest absolute Gasteiger partial charge is 0.187 e. The van der Waals surface area contributed by atoms with E-state index in [0.29, 0.717) is 0 Å². The fraction of sp³-hybridized carbons (Fsp3) is 0.143. The van der Waals surface area contributed by atoms with Crippen molar-refractivity contribution >= 4 is 50.2 Å². The Kier molecular flexibility index (Phi) is 6.86. The summed E-state index contributed by atoms with van der Waals surface area (Å²) in [4.78, 5) is 17.6. The highest BCUT2D eigenvalue weighted by atomic mass is 32.1. The number of thiazole rings is 1. The quantitative estimate of drug-likeness (QED) is 0.257. The topological polar surface area (TPSA) is 80.0 Å². The lowest BCUT2D eigenvalue weighted by molar-refractivity contribution is 1.11. The van der Waals surface area contributed by atoms with Crippen LogP contribution in [0.25, 0.3) is 16.6 Å². The normalized spacial score (nSPS) is 10.8. The van der Waals surface area contributed by atoms with Gasteiger partial charge >= 0.3 is 0 Å². The molecule has 2 aromatic carbocycles. The summed E-state index contributed by atoms with van der Waals surface area (Å²) in [5.74, 6) is 0.768. The van der Waals surface area contributed by atoms with Gasteiger partial charge in [0.15, 0.2) is 5.13 Å². The molecule has 0 aliphatic rings. The summed E-state index contributed by atoms with van der Waals surface area (Å²) in [6, 6.07) is 16.7. The Balaban J connectivity index is 0.00000130. The monoisotopic (exact) mass is 493 g/mol. The number of aromatic nitrogens is 5. The fourth-order valence-corrected chi connectivity index (χ4v) is 4.58. The first-order valence-electron chi connectivity index (χ1n) is 11.9. The van der Waals surface area contributed by atoms with E-state index in [1.165, 1.54) is 16.7 Å². The Hall–Kier alpha value is -4.30. The number of nitrogens with zero attached hydrogens (tertiary/aromatic N) is 5. The van der Waals surface area contributed by atoms with Gasteiger partial charge in [0.05, 0.1) is 5.52 Å². The number of aryl methyl sites for hydroxylation is 1. The minimum atomic E-state index is 0.768. The van der Waals surface area contributed by atoms with Crippen LogP contribution < -0.4 is 10.6 Å². The van der Waals surface area contributed by atoms with E-state index in [-0.39, 0.29) is 0 Å². The van der Waals surface area contributed by atoms with E-state index in [1.54, 1.807) is 23.9 Å². The number of benzene rings is 2. The molecule has 0 saturated carbocycles. The molecule has 2 N–H and O–H groups in total. The van der Waals surface area contributed by atoms with Crippen molar-refractivity contribution in [1.29, 1.82) is 0 Å². The molecule has 0 bridgehead atoms. The molecule has 0 aliphatic carbocycles. The van der Waals surface area contributed by atoms with E-state index in [2.05, 4.69) is 74.0 Å². The second-order valence-electron chi connectivity index (χ2n) is 8.09. The summed E-state index contributed by atoms with van der Waals surface area (Å²) in [6.45, 7) is 6.14. The lowest BCUT2D eigenvalue weighted by atomic mass is 10.0. The average Bonchev–Trinajstić information content (AvgIpc) is 3.59. The zero-order valence-electron chi connectivity index (χ0n) is 20.4. The summed E-state index contributed by atoms with van der Waals surface area (Å²) in [5, 5.41) is 10.6. The molecule has 4 heterocycles. The Morgan fingerprint density at radius 1 is 0.833 bits per heavy atom. The molecule has 4 aromatic heterocycles. The van der Waals surface area contributed by atoms with Gasteiger partial charge in [0.2, 0.25) is 0 Å². The summed E-state index contributed by atoms with van der Waals surface area (Å²) < 4.78 is 2.02. The van der Waals surface area contributed by atoms with Gasteiger partial charge in [-0.05, 0) is 72.5 Å². The van der Waals surface area contributed by atoms with Gasteiger partial charge in [0.1, 0.15) is 17.8 Å². The predicted octanol–water partition coefficient (Wildman–Crippen LogP) is 7.15. The third-order valence-corrected chi connectivity index (χ3v) is 6.47. The van der Waals surface area contributed by atoms with Crippen LogP contribution in [0, 0.1) is 6.92 Å². The van der Waals surface area contributed by atoms with Crippen LogP contribution >= 0.6 is 11.3 Å². The molecule has 6 aromatic rings. The molecular formula is C28H27N7S. The molecule has 0 unspecified atom stereocenters. The van der Waals surface area contributed by atoms with Crippen molar-refractivity contribution in [1.82, 2.24) is 24.3 Å². The summed E-state index contributed by atoms with van der Waals surface area (Å²) in [7, 11) is 0. The largest absolute Gasteiger partial charge is 0.340 e. The summed E-state index contributed by atoms with van der Waals surface area (Å²) in [6.07, 6.45) is 10.1. The van der Waals surface area contributed by atoms with Gasteiger partial charge in [0, 0.05) is 46.9 Å². The predicted molar refractivity (Wildman–Crippen MR) is 149 cm³/mol. The standard InChI is InChI=1S/C26H21N7S.C2H6/c1-17-12-20(3-2-19(17)13-18-6-9-33-10-7-27-24(33)14-18)31-25-22-15-21(32-26-28-8-11-34-26)4-5-23(22)29-16-30-25;1-2/h2-12,14-16H,13H2,1H3,(H,28,32)(H,29,30,31);1-2H3. The second-order valence-corrected chi connectivity index (χ2v) is 8.98. The van der Waals surface area contributed by atoms with Crippen molar-refractivity contribution < 1.29 is 0 Å². The van der Waals surface area contributed by atoms with Crippen molar-refractivity contribution in [2.45, 2.75) is 27.2 Å². The van der Waals surface area contributed by atoms with E-state index >= 15 is 0 Å². The lowest BCUT2D eigenvalue weighted by Gasteiger charge is -2.13. The van der Waals surface area contributed by atoms with Crippen LogP contribution in [0.1, 0.15) is 30.5 Å². The lowest BCUT2D eigenvalue weighted by Crippen LogP contribution is -1.99. The maximum Gasteiger partial charge on any atom is 0.187 e. The zero-order chi connectivity index (χ0) is 24.9. The maximum absolute atomic E-state index is 4.51. The van der Waals surface area contributed by atoms with E-state index < -0.39 is 0 Å². The minimum absolute atomic E-state index is 0.768. The number of pyridine rings is 1. The van der Waals surface area contributed by atoms with Crippen LogP contribution in [0.15, 0.2) is 85.0 Å². The summed E-state index contributed by atoms with van der Waals surface area (Å²) in [5.41, 5.74) is 7.52. The number of fused-ring (bicyclic) bond motifs is 2. The van der Waals surface area contributed by atoms with Gasteiger partial charge < -0.3 is 15.0 Å².